The first-order valence-corrected chi connectivity index (χ1v) is 7.08. The second kappa shape index (κ2) is 8.13. The summed E-state index contributed by atoms with van der Waals surface area (Å²) in [5.74, 6) is -0.0606. The van der Waals surface area contributed by atoms with Crippen LogP contribution in [0.3, 0.4) is 0 Å². The third kappa shape index (κ3) is 4.19. The topological polar surface area (TPSA) is 59.2 Å². The maximum atomic E-state index is 12.5. The Morgan fingerprint density at radius 1 is 1.32 bits per heavy atom. The van der Waals surface area contributed by atoms with Crippen molar-refractivity contribution in [2.75, 3.05) is 7.05 Å². The number of carbonyl (C=O) groups is 1. The van der Waals surface area contributed by atoms with Crippen LogP contribution in [0, 0.1) is 0 Å². The predicted molar refractivity (Wildman–Crippen MR) is 91.3 cm³/mol. The zero-order chi connectivity index (χ0) is 15.4. The summed E-state index contributed by atoms with van der Waals surface area (Å²) in [6.45, 7) is 2.30. The number of halogens is 2. The highest BCUT2D eigenvalue weighted by Crippen LogP contribution is 2.22. The minimum atomic E-state index is -0.0606. The van der Waals surface area contributed by atoms with Gasteiger partial charge < -0.3 is 10.6 Å². The third-order valence-electron chi connectivity index (χ3n) is 3.53. The van der Waals surface area contributed by atoms with Gasteiger partial charge in [-0.15, -0.1) is 12.4 Å². The van der Waals surface area contributed by atoms with Gasteiger partial charge in [0, 0.05) is 30.4 Å². The summed E-state index contributed by atoms with van der Waals surface area (Å²) in [5, 5.41) is 0.682. The Morgan fingerprint density at radius 2 is 1.95 bits per heavy atom. The third-order valence-corrected chi connectivity index (χ3v) is 3.78. The van der Waals surface area contributed by atoms with E-state index < -0.39 is 0 Å². The van der Waals surface area contributed by atoms with E-state index in [0.717, 1.165) is 5.56 Å². The van der Waals surface area contributed by atoms with E-state index in [9.17, 15) is 4.79 Å². The number of hydrogen-bond acceptors (Lipinski definition) is 3. The largest absolute Gasteiger partial charge is 0.335 e. The molecule has 1 amide bonds. The fourth-order valence-corrected chi connectivity index (χ4v) is 2.19. The van der Waals surface area contributed by atoms with E-state index in [1.807, 2.05) is 31.2 Å². The van der Waals surface area contributed by atoms with Crippen molar-refractivity contribution in [1.82, 2.24) is 9.88 Å². The van der Waals surface area contributed by atoms with Crippen LogP contribution >= 0.6 is 24.0 Å². The summed E-state index contributed by atoms with van der Waals surface area (Å²) >= 11 is 5.89. The molecule has 22 heavy (non-hydrogen) atoms. The van der Waals surface area contributed by atoms with Crippen LogP contribution in [0.1, 0.15) is 34.6 Å². The summed E-state index contributed by atoms with van der Waals surface area (Å²) < 4.78 is 0. The van der Waals surface area contributed by atoms with Crippen LogP contribution in [-0.2, 0) is 6.54 Å². The molecule has 0 fully saturated rings. The molecule has 0 aliphatic carbocycles. The Kier molecular flexibility index (Phi) is 6.81. The Bertz CT molecular complexity index is 632. The maximum Gasteiger partial charge on any atom is 0.254 e. The first kappa shape index (κ1) is 18.4. The number of pyridine rings is 1. The van der Waals surface area contributed by atoms with E-state index in [2.05, 4.69) is 4.98 Å². The molecule has 0 bridgehead atoms. The Balaban J connectivity index is 0.00000242. The number of benzene rings is 1. The molecule has 1 atom stereocenters. The molecular formula is C16H19Cl2N3O. The zero-order valence-electron chi connectivity index (χ0n) is 12.5. The van der Waals surface area contributed by atoms with Crippen LogP contribution in [0.4, 0.5) is 0 Å². The van der Waals surface area contributed by atoms with Gasteiger partial charge in [0.05, 0.1) is 11.7 Å². The molecule has 6 heteroatoms. The monoisotopic (exact) mass is 339 g/mol. The summed E-state index contributed by atoms with van der Waals surface area (Å²) in [5.41, 5.74) is 7.88. The van der Waals surface area contributed by atoms with Gasteiger partial charge in [0.1, 0.15) is 0 Å². The number of hydrogen-bond donors (Lipinski definition) is 1. The fourth-order valence-electron chi connectivity index (χ4n) is 2.07. The summed E-state index contributed by atoms with van der Waals surface area (Å²) in [6, 6.07) is 10.9. The van der Waals surface area contributed by atoms with Crippen molar-refractivity contribution in [3.05, 3.63) is 64.4 Å². The molecule has 1 aromatic heterocycles. The molecule has 1 heterocycles. The molecule has 0 radical (unpaired) electrons. The summed E-state index contributed by atoms with van der Waals surface area (Å²) in [6.07, 6.45) is 1.61. The van der Waals surface area contributed by atoms with Crippen molar-refractivity contribution >= 4 is 29.9 Å². The van der Waals surface area contributed by atoms with E-state index in [1.54, 1.807) is 30.3 Å². The van der Waals surface area contributed by atoms with Gasteiger partial charge in [0.15, 0.2) is 0 Å². The van der Waals surface area contributed by atoms with Crippen molar-refractivity contribution < 1.29 is 4.79 Å². The van der Waals surface area contributed by atoms with Crippen molar-refractivity contribution in [3.8, 4) is 0 Å². The Labute approximate surface area is 141 Å². The average Bonchev–Trinajstić information content (AvgIpc) is 2.53. The van der Waals surface area contributed by atoms with Crippen LogP contribution < -0.4 is 5.73 Å². The number of aromatic nitrogens is 1. The second-order valence-corrected chi connectivity index (χ2v) is 5.32. The zero-order valence-corrected chi connectivity index (χ0v) is 14.1. The van der Waals surface area contributed by atoms with E-state index in [1.165, 1.54) is 0 Å². The van der Waals surface area contributed by atoms with Crippen LogP contribution in [0.5, 0.6) is 0 Å². The van der Waals surface area contributed by atoms with Crippen molar-refractivity contribution in [2.45, 2.75) is 19.5 Å². The molecular weight excluding hydrogens is 321 g/mol. The van der Waals surface area contributed by atoms with Gasteiger partial charge >= 0.3 is 0 Å². The van der Waals surface area contributed by atoms with Gasteiger partial charge in [0.2, 0.25) is 0 Å². The van der Waals surface area contributed by atoms with Crippen LogP contribution in [0.15, 0.2) is 42.6 Å². The number of rotatable bonds is 4. The lowest BCUT2D eigenvalue weighted by Crippen LogP contribution is -2.29. The maximum absolute atomic E-state index is 12.5. The van der Waals surface area contributed by atoms with Gasteiger partial charge in [-0.25, -0.2) is 0 Å². The molecule has 2 aromatic rings. The molecule has 1 unspecified atom stereocenters. The minimum absolute atomic E-state index is 0. The standard InChI is InChI=1S/C16H18ClN3O.ClH/c1-11(12-3-5-14(17)6-4-12)20(2)16(21)13-7-8-19-15(9-13)10-18;/h3-9,11H,10,18H2,1-2H3;1H. The predicted octanol–water partition coefficient (Wildman–Crippen LogP) is 3.45. The summed E-state index contributed by atoms with van der Waals surface area (Å²) in [7, 11) is 1.78. The lowest BCUT2D eigenvalue weighted by atomic mass is 10.1. The molecule has 2 N–H and O–H groups in total. The highest BCUT2D eigenvalue weighted by atomic mass is 35.5. The number of amides is 1. The van der Waals surface area contributed by atoms with Gasteiger partial charge in [-0.3, -0.25) is 9.78 Å². The van der Waals surface area contributed by atoms with Crippen molar-refractivity contribution in [1.29, 1.82) is 0 Å². The number of nitrogens with two attached hydrogens (primary N) is 1. The van der Waals surface area contributed by atoms with Gasteiger partial charge in [-0.1, -0.05) is 23.7 Å². The molecule has 0 aliphatic rings. The molecule has 0 aliphatic heterocycles. The second-order valence-electron chi connectivity index (χ2n) is 4.88. The molecule has 0 saturated heterocycles. The molecule has 0 spiro atoms. The first-order chi connectivity index (χ1) is 10.0. The van der Waals surface area contributed by atoms with Gasteiger partial charge in [-0.05, 0) is 36.8 Å². The lowest BCUT2D eigenvalue weighted by Gasteiger charge is -2.25. The number of nitrogens with zero attached hydrogens (tertiary/aromatic N) is 2. The molecule has 1 aromatic carbocycles. The van der Waals surface area contributed by atoms with Crippen LogP contribution in [0.2, 0.25) is 5.02 Å². The smallest absolute Gasteiger partial charge is 0.254 e. The minimum Gasteiger partial charge on any atom is -0.335 e. The quantitative estimate of drug-likeness (QED) is 0.927. The van der Waals surface area contributed by atoms with E-state index in [4.69, 9.17) is 17.3 Å². The first-order valence-electron chi connectivity index (χ1n) is 6.70. The van der Waals surface area contributed by atoms with E-state index in [0.29, 0.717) is 22.8 Å². The van der Waals surface area contributed by atoms with Gasteiger partial charge in [0.25, 0.3) is 5.91 Å². The van der Waals surface area contributed by atoms with Crippen molar-refractivity contribution in [2.24, 2.45) is 5.73 Å². The van der Waals surface area contributed by atoms with Gasteiger partial charge in [-0.2, -0.15) is 0 Å². The SMILES string of the molecule is CC(c1ccc(Cl)cc1)N(C)C(=O)c1ccnc(CN)c1.Cl. The Hall–Kier alpha value is -1.62. The summed E-state index contributed by atoms with van der Waals surface area (Å²) in [4.78, 5) is 18.3. The number of carbonyl (C=O) groups excluding carboxylic acids is 1. The highest BCUT2D eigenvalue weighted by molar-refractivity contribution is 6.30. The Morgan fingerprint density at radius 3 is 2.55 bits per heavy atom. The van der Waals surface area contributed by atoms with E-state index in [-0.39, 0.29) is 24.4 Å². The lowest BCUT2D eigenvalue weighted by molar-refractivity contribution is 0.0742. The molecule has 2 rings (SSSR count). The molecule has 118 valence electrons. The van der Waals surface area contributed by atoms with Crippen LogP contribution in [-0.4, -0.2) is 22.8 Å². The molecule has 0 saturated carbocycles. The molecule has 4 nitrogen and oxygen atoms in total. The fraction of sp³-hybridized carbons (Fsp3) is 0.250. The van der Waals surface area contributed by atoms with Crippen LogP contribution in [0.25, 0.3) is 0 Å². The van der Waals surface area contributed by atoms with Crippen molar-refractivity contribution in [3.63, 3.8) is 0 Å². The average molecular weight is 340 g/mol. The van der Waals surface area contributed by atoms with E-state index >= 15 is 0 Å². The highest BCUT2D eigenvalue weighted by Gasteiger charge is 2.19. The normalized spacial score (nSPS) is 11.5.